The van der Waals surface area contributed by atoms with Crippen molar-refractivity contribution < 1.29 is 14.6 Å². The third kappa shape index (κ3) is 4.83. The summed E-state index contributed by atoms with van der Waals surface area (Å²) in [5.74, 6) is 0.655. The zero-order valence-corrected chi connectivity index (χ0v) is 12.7. The SMILES string of the molecule is CC(C(=O)NCCc1ccc(CO)cc1)C1CCOCC1. The van der Waals surface area contributed by atoms with Gasteiger partial charge in [-0.1, -0.05) is 31.2 Å². The molecule has 0 bridgehead atoms. The van der Waals surface area contributed by atoms with Gasteiger partial charge in [0.05, 0.1) is 6.61 Å². The lowest BCUT2D eigenvalue weighted by molar-refractivity contribution is -0.127. The van der Waals surface area contributed by atoms with E-state index in [1.54, 1.807) is 0 Å². The molecule has 1 aromatic rings. The maximum atomic E-state index is 12.1. The van der Waals surface area contributed by atoms with Crippen LogP contribution in [0.25, 0.3) is 0 Å². The smallest absolute Gasteiger partial charge is 0.223 e. The Balaban J connectivity index is 1.72. The van der Waals surface area contributed by atoms with Crippen molar-refractivity contribution in [3.63, 3.8) is 0 Å². The van der Waals surface area contributed by atoms with Crippen LogP contribution in [0.3, 0.4) is 0 Å². The topological polar surface area (TPSA) is 58.6 Å². The highest BCUT2D eigenvalue weighted by Crippen LogP contribution is 2.23. The third-order valence-electron chi connectivity index (χ3n) is 4.31. The van der Waals surface area contributed by atoms with Crippen molar-refractivity contribution in [3.05, 3.63) is 35.4 Å². The van der Waals surface area contributed by atoms with E-state index in [0.717, 1.165) is 38.0 Å². The molecule has 2 N–H and O–H groups in total. The van der Waals surface area contributed by atoms with E-state index in [9.17, 15) is 4.79 Å². The number of hydrogen-bond donors (Lipinski definition) is 2. The van der Waals surface area contributed by atoms with E-state index in [-0.39, 0.29) is 18.4 Å². The zero-order valence-electron chi connectivity index (χ0n) is 12.7. The minimum Gasteiger partial charge on any atom is -0.392 e. The second-order valence-electron chi connectivity index (χ2n) is 5.75. The normalized spacial score (nSPS) is 17.4. The molecule has 1 aliphatic rings. The molecule has 2 rings (SSSR count). The molecule has 1 aliphatic heterocycles. The van der Waals surface area contributed by atoms with E-state index >= 15 is 0 Å². The van der Waals surface area contributed by atoms with E-state index in [4.69, 9.17) is 9.84 Å². The fraction of sp³-hybridized carbons (Fsp3) is 0.588. The summed E-state index contributed by atoms with van der Waals surface area (Å²) in [6, 6.07) is 7.84. The Morgan fingerprint density at radius 3 is 2.52 bits per heavy atom. The molecule has 1 saturated heterocycles. The first-order valence-corrected chi connectivity index (χ1v) is 7.75. The molecule has 1 unspecified atom stereocenters. The van der Waals surface area contributed by atoms with Crippen molar-refractivity contribution in [2.24, 2.45) is 11.8 Å². The Kier molecular flexibility index (Phi) is 6.21. The van der Waals surface area contributed by atoms with Gasteiger partial charge in [-0.25, -0.2) is 0 Å². The summed E-state index contributed by atoms with van der Waals surface area (Å²) >= 11 is 0. The third-order valence-corrected chi connectivity index (χ3v) is 4.31. The van der Waals surface area contributed by atoms with Gasteiger partial charge in [0.25, 0.3) is 0 Å². The van der Waals surface area contributed by atoms with Crippen LogP contribution in [0, 0.1) is 11.8 Å². The highest BCUT2D eigenvalue weighted by atomic mass is 16.5. The number of benzene rings is 1. The lowest BCUT2D eigenvalue weighted by Gasteiger charge is -2.26. The summed E-state index contributed by atoms with van der Waals surface area (Å²) in [6.07, 6.45) is 2.78. The van der Waals surface area contributed by atoms with E-state index in [0.29, 0.717) is 12.5 Å². The van der Waals surface area contributed by atoms with Crippen molar-refractivity contribution in [2.75, 3.05) is 19.8 Å². The number of aliphatic hydroxyl groups excluding tert-OH is 1. The van der Waals surface area contributed by atoms with Gasteiger partial charge in [-0.15, -0.1) is 0 Å². The van der Waals surface area contributed by atoms with Gasteiger partial charge in [-0.05, 0) is 36.3 Å². The van der Waals surface area contributed by atoms with Gasteiger partial charge < -0.3 is 15.2 Å². The van der Waals surface area contributed by atoms with E-state index in [1.165, 1.54) is 5.56 Å². The summed E-state index contributed by atoms with van der Waals surface area (Å²) in [7, 11) is 0. The zero-order chi connectivity index (χ0) is 15.1. The van der Waals surface area contributed by atoms with E-state index < -0.39 is 0 Å². The number of amides is 1. The minimum absolute atomic E-state index is 0.0608. The van der Waals surface area contributed by atoms with Crippen LogP contribution in [-0.2, 0) is 22.6 Å². The number of carbonyl (C=O) groups is 1. The van der Waals surface area contributed by atoms with Crippen LogP contribution < -0.4 is 5.32 Å². The minimum atomic E-state index is 0.0608. The molecule has 1 heterocycles. The Labute approximate surface area is 126 Å². The van der Waals surface area contributed by atoms with Crippen LogP contribution in [0.1, 0.15) is 30.9 Å². The number of rotatable bonds is 6. The maximum Gasteiger partial charge on any atom is 0.223 e. The Hall–Kier alpha value is -1.39. The lowest BCUT2D eigenvalue weighted by atomic mass is 9.87. The lowest BCUT2D eigenvalue weighted by Crippen LogP contribution is -2.36. The molecule has 4 nitrogen and oxygen atoms in total. The molecular formula is C17H25NO3. The largest absolute Gasteiger partial charge is 0.392 e. The van der Waals surface area contributed by atoms with Crippen molar-refractivity contribution in [3.8, 4) is 0 Å². The first-order chi connectivity index (χ1) is 10.2. The highest BCUT2D eigenvalue weighted by Gasteiger charge is 2.25. The van der Waals surface area contributed by atoms with Gasteiger partial charge in [0.2, 0.25) is 5.91 Å². The van der Waals surface area contributed by atoms with E-state index in [2.05, 4.69) is 5.32 Å². The van der Waals surface area contributed by atoms with Crippen molar-refractivity contribution in [1.29, 1.82) is 0 Å². The summed E-state index contributed by atoms with van der Waals surface area (Å²) in [5, 5.41) is 12.0. The first-order valence-electron chi connectivity index (χ1n) is 7.75. The van der Waals surface area contributed by atoms with E-state index in [1.807, 2.05) is 31.2 Å². The predicted molar refractivity (Wildman–Crippen MR) is 81.8 cm³/mol. The molecule has 0 aromatic heterocycles. The van der Waals surface area contributed by atoms with Crippen LogP contribution in [0.5, 0.6) is 0 Å². The number of nitrogens with one attached hydrogen (secondary N) is 1. The molecule has 1 amide bonds. The molecule has 116 valence electrons. The van der Waals surface area contributed by atoms with Crippen LogP contribution in [0.15, 0.2) is 24.3 Å². The molecule has 1 fully saturated rings. The predicted octanol–water partition coefficient (Wildman–Crippen LogP) is 1.90. The maximum absolute atomic E-state index is 12.1. The van der Waals surface area contributed by atoms with Crippen LogP contribution >= 0.6 is 0 Å². The average molecular weight is 291 g/mol. The summed E-state index contributed by atoms with van der Waals surface area (Å²) in [4.78, 5) is 12.1. The molecule has 21 heavy (non-hydrogen) atoms. The van der Waals surface area contributed by atoms with Gasteiger partial charge in [-0.3, -0.25) is 4.79 Å². The summed E-state index contributed by atoms with van der Waals surface area (Å²) in [5.41, 5.74) is 2.09. The van der Waals surface area contributed by atoms with Gasteiger partial charge in [0, 0.05) is 25.7 Å². The van der Waals surface area contributed by atoms with Crippen LogP contribution in [0.4, 0.5) is 0 Å². The Morgan fingerprint density at radius 1 is 1.29 bits per heavy atom. The summed E-state index contributed by atoms with van der Waals surface area (Å²) < 4.78 is 5.34. The first kappa shape index (κ1) is 16.0. The van der Waals surface area contributed by atoms with Gasteiger partial charge >= 0.3 is 0 Å². The number of ether oxygens (including phenoxy) is 1. The molecule has 1 aromatic carbocycles. The van der Waals surface area contributed by atoms with Gasteiger partial charge in [-0.2, -0.15) is 0 Å². The van der Waals surface area contributed by atoms with Gasteiger partial charge in [0.1, 0.15) is 0 Å². The van der Waals surface area contributed by atoms with Crippen molar-refractivity contribution in [1.82, 2.24) is 5.32 Å². The summed E-state index contributed by atoms with van der Waals surface area (Å²) in [6.45, 7) is 4.30. The highest BCUT2D eigenvalue weighted by molar-refractivity contribution is 5.78. The van der Waals surface area contributed by atoms with Crippen LogP contribution in [-0.4, -0.2) is 30.8 Å². The van der Waals surface area contributed by atoms with Crippen LogP contribution in [0.2, 0.25) is 0 Å². The number of hydrogen-bond acceptors (Lipinski definition) is 3. The number of aliphatic hydroxyl groups is 1. The standard InChI is InChI=1S/C17H25NO3/c1-13(16-7-10-21-11-8-16)17(20)18-9-6-14-2-4-15(12-19)5-3-14/h2-5,13,16,19H,6-12H2,1H3,(H,18,20). The Morgan fingerprint density at radius 2 is 1.90 bits per heavy atom. The molecule has 0 spiro atoms. The molecular weight excluding hydrogens is 266 g/mol. The second kappa shape index (κ2) is 8.15. The fourth-order valence-corrected chi connectivity index (χ4v) is 2.73. The van der Waals surface area contributed by atoms with Gasteiger partial charge in [0.15, 0.2) is 0 Å². The molecule has 1 atom stereocenters. The fourth-order valence-electron chi connectivity index (χ4n) is 2.73. The van der Waals surface area contributed by atoms with Crippen molar-refractivity contribution >= 4 is 5.91 Å². The molecule has 0 saturated carbocycles. The van der Waals surface area contributed by atoms with Crippen molar-refractivity contribution in [2.45, 2.75) is 32.8 Å². The monoisotopic (exact) mass is 291 g/mol. The number of carbonyl (C=O) groups excluding carboxylic acids is 1. The molecule has 0 aliphatic carbocycles. The second-order valence-corrected chi connectivity index (χ2v) is 5.75. The average Bonchev–Trinajstić information content (AvgIpc) is 2.55. The quantitative estimate of drug-likeness (QED) is 0.841. The molecule has 0 radical (unpaired) electrons. The molecule has 4 heteroatoms. The Bertz CT molecular complexity index is 438.